The minimum Gasteiger partial charge on any atom is -0.457 e. The Morgan fingerprint density at radius 3 is 3.00 bits per heavy atom. The minimum absolute atomic E-state index is 0.0148. The molecule has 2 aliphatic rings. The van der Waals surface area contributed by atoms with Gasteiger partial charge in [0.25, 0.3) is 0 Å². The molecule has 0 unspecified atom stereocenters. The second-order valence-electron chi connectivity index (χ2n) is 4.02. The smallest absolute Gasteiger partial charge is 0.338 e. The van der Waals surface area contributed by atoms with Gasteiger partial charge in [0.1, 0.15) is 12.9 Å². The summed E-state index contributed by atoms with van der Waals surface area (Å²) >= 11 is 0. The van der Waals surface area contributed by atoms with Gasteiger partial charge in [-0.3, -0.25) is 0 Å². The van der Waals surface area contributed by atoms with Crippen molar-refractivity contribution < 1.29 is 14.3 Å². The van der Waals surface area contributed by atoms with Gasteiger partial charge in [-0.05, 0) is 30.0 Å². The van der Waals surface area contributed by atoms with Crippen LogP contribution in [-0.2, 0) is 22.6 Å². The first-order chi connectivity index (χ1) is 7.31. The Labute approximate surface area is 87.0 Å². The number of ether oxygens (including phenoxy) is 1. The molecule has 3 nitrogen and oxygen atoms in total. The molecule has 3 heteroatoms. The number of cyclic esters (lactones) is 1. The summed E-state index contributed by atoms with van der Waals surface area (Å²) in [5.41, 5.74) is 3.93. The van der Waals surface area contributed by atoms with Crippen molar-refractivity contribution in [2.45, 2.75) is 25.4 Å². The quantitative estimate of drug-likeness (QED) is 0.513. The van der Waals surface area contributed by atoms with Crippen molar-refractivity contribution >= 4 is 12.3 Å². The van der Waals surface area contributed by atoms with Gasteiger partial charge in [-0.15, -0.1) is 0 Å². The lowest BCUT2D eigenvalue weighted by molar-refractivity contribution is -0.109. The number of esters is 1. The fourth-order valence-electron chi connectivity index (χ4n) is 2.52. The van der Waals surface area contributed by atoms with Crippen LogP contribution in [-0.4, -0.2) is 12.3 Å². The summed E-state index contributed by atoms with van der Waals surface area (Å²) < 4.78 is 4.99. The van der Waals surface area contributed by atoms with E-state index in [0.717, 1.165) is 35.8 Å². The number of hydrogen-bond donors (Lipinski definition) is 0. The van der Waals surface area contributed by atoms with Crippen LogP contribution in [0.25, 0.3) is 0 Å². The molecular formula is C12H10O3. The van der Waals surface area contributed by atoms with Crippen LogP contribution in [0.3, 0.4) is 0 Å². The third-order valence-electron chi connectivity index (χ3n) is 3.30. The van der Waals surface area contributed by atoms with Gasteiger partial charge < -0.3 is 9.53 Å². The topological polar surface area (TPSA) is 43.4 Å². The van der Waals surface area contributed by atoms with E-state index in [1.165, 1.54) is 0 Å². The summed E-state index contributed by atoms with van der Waals surface area (Å²) in [5.74, 6) is -0.219. The number of carbonyl (C=O) groups is 2. The molecule has 1 atom stereocenters. The summed E-state index contributed by atoms with van der Waals surface area (Å²) in [6.07, 6.45) is 2.75. The van der Waals surface area contributed by atoms with Crippen LogP contribution in [0, 0.1) is 0 Å². The normalized spacial score (nSPS) is 22.1. The highest BCUT2D eigenvalue weighted by Gasteiger charge is 2.30. The standard InChI is InChI=1S/C12H10O3/c13-5-7-1-2-9-8(7)3-4-10-11(9)6-15-12(10)14/h3-5,7H,1-2,6H2/t7-/m1/s1. The molecule has 0 saturated carbocycles. The van der Waals surface area contributed by atoms with Gasteiger partial charge in [0.15, 0.2) is 0 Å². The Morgan fingerprint density at radius 1 is 1.33 bits per heavy atom. The molecule has 0 radical (unpaired) electrons. The maximum Gasteiger partial charge on any atom is 0.338 e. The molecule has 0 N–H and O–H groups in total. The zero-order valence-corrected chi connectivity index (χ0v) is 8.16. The summed E-state index contributed by atoms with van der Waals surface area (Å²) in [6, 6.07) is 3.68. The lowest BCUT2D eigenvalue weighted by Gasteiger charge is -2.05. The zero-order chi connectivity index (χ0) is 10.4. The Kier molecular flexibility index (Phi) is 1.69. The number of carbonyl (C=O) groups excluding carboxylic acids is 2. The number of hydrogen-bond acceptors (Lipinski definition) is 3. The van der Waals surface area contributed by atoms with Crippen molar-refractivity contribution in [3.8, 4) is 0 Å². The monoisotopic (exact) mass is 202 g/mol. The maximum atomic E-state index is 11.3. The first kappa shape index (κ1) is 8.65. The molecule has 1 aromatic carbocycles. The van der Waals surface area contributed by atoms with Gasteiger partial charge in [0.05, 0.1) is 5.56 Å². The molecule has 1 heterocycles. The molecule has 1 aliphatic heterocycles. The van der Waals surface area contributed by atoms with E-state index in [2.05, 4.69) is 0 Å². The lowest BCUT2D eigenvalue weighted by Crippen LogP contribution is -1.98. The predicted molar refractivity (Wildman–Crippen MR) is 52.7 cm³/mol. The van der Waals surface area contributed by atoms with E-state index in [1.54, 1.807) is 6.07 Å². The third-order valence-corrected chi connectivity index (χ3v) is 3.30. The second-order valence-corrected chi connectivity index (χ2v) is 4.02. The first-order valence-electron chi connectivity index (χ1n) is 5.08. The third kappa shape index (κ3) is 1.06. The van der Waals surface area contributed by atoms with Crippen LogP contribution >= 0.6 is 0 Å². The van der Waals surface area contributed by atoms with Crippen molar-refractivity contribution in [3.63, 3.8) is 0 Å². The van der Waals surface area contributed by atoms with Gasteiger partial charge in [-0.25, -0.2) is 4.79 Å². The molecule has 1 aromatic rings. The molecule has 0 spiro atoms. The molecule has 0 saturated heterocycles. The molecule has 0 aromatic heterocycles. The number of aldehydes is 1. The fourth-order valence-corrected chi connectivity index (χ4v) is 2.52. The maximum absolute atomic E-state index is 11.3. The highest BCUT2D eigenvalue weighted by molar-refractivity contribution is 5.94. The molecule has 0 bridgehead atoms. The summed E-state index contributed by atoms with van der Waals surface area (Å²) in [4.78, 5) is 22.2. The molecule has 0 fully saturated rings. The van der Waals surface area contributed by atoms with Crippen LogP contribution in [0.2, 0.25) is 0 Å². The van der Waals surface area contributed by atoms with Crippen LogP contribution in [0.1, 0.15) is 39.4 Å². The van der Waals surface area contributed by atoms with Crippen molar-refractivity contribution in [2.24, 2.45) is 0 Å². The summed E-state index contributed by atoms with van der Waals surface area (Å²) in [6.45, 7) is 0.378. The van der Waals surface area contributed by atoms with Crippen LogP contribution in [0.5, 0.6) is 0 Å². The number of benzene rings is 1. The molecule has 0 amide bonds. The van der Waals surface area contributed by atoms with Crippen molar-refractivity contribution in [2.75, 3.05) is 0 Å². The fraction of sp³-hybridized carbons (Fsp3) is 0.333. The molecule has 15 heavy (non-hydrogen) atoms. The predicted octanol–water partition coefficient (Wildman–Crippen LogP) is 1.59. The SMILES string of the molecule is O=C[C@H]1CCc2c1ccc1c2COC1=O. The highest BCUT2D eigenvalue weighted by atomic mass is 16.5. The van der Waals surface area contributed by atoms with Gasteiger partial charge in [0, 0.05) is 11.5 Å². The van der Waals surface area contributed by atoms with Crippen molar-refractivity contribution in [1.82, 2.24) is 0 Å². The van der Waals surface area contributed by atoms with Gasteiger partial charge in [0.2, 0.25) is 0 Å². The van der Waals surface area contributed by atoms with Gasteiger partial charge in [-0.1, -0.05) is 6.07 Å². The van der Waals surface area contributed by atoms with Crippen molar-refractivity contribution in [3.05, 3.63) is 34.4 Å². The Balaban J connectivity index is 2.19. The van der Waals surface area contributed by atoms with E-state index in [-0.39, 0.29) is 11.9 Å². The van der Waals surface area contributed by atoms with Crippen LogP contribution < -0.4 is 0 Å². The van der Waals surface area contributed by atoms with E-state index in [4.69, 9.17) is 4.74 Å². The number of rotatable bonds is 1. The first-order valence-corrected chi connectivity index (χ1v) is 5.08. The molecule has 76 valence electrons. The zero-order valence-electron chi connectivity index (χ0n) is 8.16. The van der Waals surface area contributed by atoms with Crippen LogP contribution in [0.4, 0.5) is 0 Å². The van der Waals surface area contributed by atoms with E-state index in [1.807, 2.05) is 6.07 Å². The average Bonchev–Trinajstić information content (AvgIpc) is 2.81. The summed E-state index contributed by atoms with van der Waals surface area (Å²) in [7, 11) is 0. The highest BCUT2D eigenvalue weighted by Crippen LogP contribution is 2.37. The van der Waals surface area contributed by atoms with Gasteiger partial charge in [-0.2, -0.15) is 0 Å². The largest absolute Gasteiger partial charge is 0.457 e. The van der Waals surface area contributed by atoms with E-state index >= 15 is 0 Å². The minimum atomic E-state index is -0.234. The van der Waals surface area contributed by atoms with Crippen molar-refractivity contribution in [1.29, 1.82) is 0 Å². The lowest BCUT2D eigenvalue weighted by atomic mass is 9.97. The molecular weight excluding hydrogens is 192 g/mol. The average molecular weight is 202 g/mol. The van der Waals surface area contributed by atoms with E-state index in [0.29, 0.717) is 12.2 Å². The van der Waals surface area contributed by atoms with E-state index in [9.17, 15) is 9.59 Å². The Bertz CT molecular complexity index is 462. The second kappa shape index (κ2) is 2.92. The summed E-state index contributed by atoms with van der Waals surface area (Å²) in [5, 5.41) is 0. The van der Waals surface area contributed by atoms with Gasteiger partial charge >= 0.3 is 5.97 Å². The molecule has 3 rings (SSSR count). The van der Waals surface area contributed by atoms with E-state index < -0.39 is 0 Å². The van der Waals surface area contributed by atoms with Crippen LogP contribution in [0.15, 0.2) is 12.1 Å². The number of fused-ring (bicyclic) bond motifs is 3. The Morgan fingerprint density at radius 2 is 2.20 bits per heavy atom. The molecule has 1 aliphatic carbocycles. The Hall–Kier alpha value is -1.64.